The molecule has 1 unspecified atom stereocenters. The highest BCUT2D eigenvalue weighted by molar-refractivity contribution is 5.66. The van der Waals surface area contributed by atoms with Gasteiger partial charge in [0.15, 0.2) is 0 Å². The zero-order valence-electron chi connectivity index (χ0n) is 10.7. The SMILES string of the molecule is CCC(Nc1cc(C(F)(F)F)ncc1N)c1ncc[nH]1. The van der Waals surface area contributed by atoms with Crippen molar-refractivity contribution in [2.24, 2.45) is 0 Å². The van der Waals surface area contributed by atoms with Crippen molar-refractivity contribution in [2.45, 2.75) is 25.6 Å². The lowest BCUT2D eigenvalue weighted by molar-refractivity contribution is -0.141. The van der Waals surface area contributed by atoms with Crippen LogP contribution in [0.4, 0.5) is 24.5 Å². The lowest BCUT2D eigenvalue weighted by atomic mass is 10.2. The molecule has 0 aliphatic carbocycles. The number of imidazole rings is 1. The molecule has 0 fully saturated rings. The number of hydrogen-bond acceptors (Lipinski definition) is 4. The van der Waals surface area contributed by atoms with E-state index < -0.39 is 11.9 Å². The molecule has 2 heterocycles. The van der Waals surface area contributed by atoms with E-state index in [2.05, 4.69) is 20.3 Å². The van der Waals surface area contributed by atoms with Crippen LogP contribution >= 0.6 is 0 Å². The molecule has 0 saturated carbocycles. The summed E-state index contributed by atoms with van der Waals surface area (Å²) in [6.07, 6.45) is 0.362. The number of nitrogen functional groups attached to an aromatic ring is 1. The average Bonchev–Trinajstić information content (AvgIpc) is 2.90. The van der Waals surface area contributed by atoms with Crippen LogP contribution in [0.3, 0.4) is 0 Å². The molecule has 0 aliphatic rings. The quantitative estimate of drug-likeness (QED) is 0.806. The van der Waals surface area contributed by atoms with Crippen molar-refractivity contribution < 1.29 is 13.2 Å². The number of halogens is 3. The fourth-order valence-corrected chi connectivity index (χ4v) is 1.77. The summed E-state index contributed by atoms with van der Waals surface area (Å²) in [7, 11) is 0. The predicted molar refractivity (Wildman–Crippen MR) is 68.9 cm³/mol. The summed E-state index contributed by atoms with van der Waals surface area (Å²) in [5, 5.41) is 2.95. The third-order valence-electron chi connectivity index (χ3n) is 2.81. The molecule has 108 valence electrons. The Labute approximate surface area is 113 Å². The van der Waals surface area contributed by atoms with Crippen molar-refractivity contribution in [3.8, 4) is 0 Å². The maximum atomic E-state index is 12.6. The molecule has 4 N–H and O–H groups in total. The molecule has 0 aliphatic heterocycles. The molecule has 0 amide bonds. The van der Waals surface area contributed by atoms with Crippen molar-refractivity contribution in [1.82, 2.24) is 15.0 Å². The number of nitrogens with two attached hydrogens (primary N) is 1. The molecule has 8 heteroatoms. The fraction of sp³-hybridized carbons (Fsp3) is 0.333. The lowest BCUT2D eigenvalue weighted by Gasteiger charge is -2.18. The Morgan fingerprint density at radius 1 is 1.40 bits per heavy atom. The third-order valence-corrected chi connectivity index (χ3v) is 2.81. The van der Waals surface area contributed by atoms with Crippen molar-refractivity contribution in [2.75, 3.05) is 11.1 Å². The zero-order valence-corrected chi connectivity index (χ0v) is 10.7. The monoisotopic (exact) mass is 285 g/mol. The van der Waals surface area contributed by atoms with Crippen LogP contribution in [-0.2, 0) is 6.18 Å². The highest BCUT2D eigenvalue weighted by Gasteiger charge is 2.33. The molecule has 0 saturated heterocycles. The first kappa shape index (κ1) is 14.2. The van der Waals surface area contributed by atoms with E-state index in [1.807, 2.05) is 6.92 Å². The Morgan fingerprint density at radius 2 is 2.15 bits per heavy atom. The molecular formula is C12H14F3N5. The smallest absolute Gasteiger partial charge is 0.396 e. The van der Waals surface area contributed by atoms with Crippen LogP contribution in [0.15, 0.2) is 24.7 Å². The summed E-state index contributed by atoms with van der Waals surface area (Å²) in [5.41, 5.74) is 5.03. The topological polar surface area (TPSA) is 79.6 Å². The molecule has 0 radical (unpaired) electrons. The maximum absolute atomic E-state index is 12.6. The zero-order chi connectivity index (χ0) is 14.8. The van der Waals surface area contributed by atoms with Crippen LogP contribution in [0.1, 0.15) is 30.9 Å². The normalized spacial score (nSPS) is 13.2. The standard InChI is InChI=1S/C12H14F3N5/c1-2-8(11-17-3-4-18-11)20-9-5-10(12(13,14)15)19-6-7(9)16/h3-6,8H,2,16H2,1H3,(H,17,18)(H,19,20). The number of aromatic nitrogens is 3. The van der Waals surface area contributed by atoms with E-state index >= 15 is 0 Å². The Bertz CT molecular complexity index is 565. The second kappa shape index (κ2) is 5.40. The van der Waals surface area contributed by atoms with Crippen LogP contribution in [0.5, 0.6) is 0 Å². The number of aromatic amines is 1. The van der Waals surface area contributed by atoms with E-state index in [9.17, 15) is 13.2 Å². The summed E-state index contributed by atoms with van der Waals surface area (Å²) >= 11 is 0. The molecule has 0 bridgehead atoms. The first-order valence-electron chi connectivity index (χ1n) is 6.00. The lowest BCUT2D eigenvalue weighted by Crippen LogP contribution is -2.15. The van der Waals surface area contributed by atoms with E-state index in [4.69, 9.17) is 5.73 Å². The highest BCUT2D eigenvalue weighted by atomic mass is 19.4. The van der Waals surface area contributed by atoms with E-state index in [0.717, 1.165) is 12.3 Å². The predicted octanol–water partition coefficient (Wildman–Crippen LogP) is 2.97. The average molecular weight is 285 g/mol. The van der Waals surface area contributed by atoms with Gasteiger partial charge in [-0.2, -0.15) is 13.2 Å². The van der Waals surface area contributed by atoms with Gasteiger partial charge in [0.25, 0.3) is 0 Å². The van der Waals surface area contributed by atoms with Gasteiger partial charge in [-0.05, 0) is 12.5 Å². The molecule has 5 nitrogen and oxygen atoms in total. The van der Waals surface area contributed by atoms with Crippen molar-refractivity contribution >= 4 is 11.4 Å². The molecule has 0 aromatic carbocycles. The van der Waals surface area contributed by atoms with Crippen molar-refractivity contribution in [3.05, 3.63) is 36.2 Å². The van der Waals surface area contributed by atoms with Gasteiger partial charge in [0.1, 0.15) is 11.5 Å². The summed E-state index contributed by atoms with van der Waals surface area (Å²) in [6, 6.07) is 0.650. The van der Waals surface area contributed by atoms with Crippen LogP contribution in [0, 0.1) is 0 Å². The second-order valence-corrected chi connectivity index (χ2v) is 4.23. The second-order valence-electron chi connectivity index (χ2n) is 4.23. The largest absolute Gasteiger partial charge is 0.433 e. The molecule has 2 rings (SSSR count). The van der Waals surface area contributed by atoms with Crippen LogP contribution in [0.2, 0.25) is 0 Å². The third kappa shape index (κ3) is 3.01. The molecule has 0 spiro atoms. The van der Waals surface area contributed by atoms with Gasteiger partial charge in [0, 0.05) is 12.4 Å². The Kier molecular flexibility index (Phi) is 3.82. The minimum absolute atomic E-state index is 0.156. The van der Waals surface area contributed by atoms with Gasteiger partial charge in [-0.3, -0.25) is 0 Å². The number of H-pyrrole nitrogens is 1. The van der Waals surface area contributed by atoms with Crippen LogP contribution in [-0.4, -0.2) is 15.0 Å². The van der Waals surface area contributed by atoms with E-state index in [-0.39, 0.29) is 17.4 Å². The van der Waals surface area contributed by atoms with Crippen molar-refractivity contribution in [1.29, 1.82) is 0 Å². The fourth-order valence-electron chi connectivity index (χ4n) is 1.77. The minimum Gasteiger partial charge on any atom is -0.396 e. The molecule has 1 atom stereocenters. The molecular weight excluding hydrogens is 271 g/mol. The molecule has 2 aromatic heterocycles. The Hall–Kier alpha value is -2.25. The van der Waals surface area contributed by atoms with Gasteiger partial charge in [-0.15, -0.1) is 0 Å². The maximum Gasteiger partial charge on any atom is 0.433 e. The summed E-state index contributed by atoms with van der Waals surface area (Å²) in [6.45, 7) is 1.89. The first-order chi connectivity index (χ1) is 9.41. The van der Waals surface area contributed by atoms with Gasteiger partial charge in [-0.25, -0.2) is 9.97 Å². The Morgan fingerprint density at radius 3 is 2.70 bits per heavy atom. The molecule has 20 heavy (non-hydrogen) atoms. The van der Waals surface area contributed by atoms with Gasteiger partial charge >= 0.3 is 6.18 Å². The number of pyridine rings is 1. The van der Waals surface area contributed by atoms with E-state index in [1.54, 1.807) is 12.4 Å². The van der Waals surface area contributed by atoms with Gasteiger partial charge < -0.3 is 16.0 Å². The van der Waals surface area contributed by atoms with E-state index in [1.165, 1.54) is 0 Å². The van der Waals surface area contributed by atoms with Gasteiger partial charge in [-0.1, -0.05) is 6.92 Å². The summed E-state index contributed by atoms with van der Waals surface area (Å²) in [5.74, 6) is 0.636. The first-order valence-corrected chi connectivity index (χ1v) is 6.00. The van der Waals surface area contributed by atoms with Crippen LogP contribution in [0.25, 0.3) is 0 Å². The number of hydrogen-bond donors (Lipinski definition) is 3. The highest BCUT2D eigenvalue weighted by Crippen LogP contribution is 2.32. The summed E-state index contributed by atoms with van der Waals surface area (Å²) < 4.78 is 37.9. The summed E-state index contributed by atoms with van der Waals surface area (Å²) in [4.78, 5) is 10.3. The van der Waals surface area contributed by atoms with Crippen molar-refractivity contribution in [3.63, 3.8) is 0 Å². The minimum atomic E-state index is -4.50. The van der Waals surface area contributed by atoms with E-state index in [0.29, 0.717) is 12.2 Å². The van der Waals surface area contributed by atoms with Gasteiger partial charge in [0.05, 0.1) is 23.6 Å². The number of alkyl halides is 3. The Balaban J connectivity index is 2.28. The number of anilines is 2. The number of rotatable bonds is 4. The molecule has 2 aromatic rings. The van der Waals surface area contributed by atoms with Gasteiger partial charge in [0.2, 0.25) is 0 Å². The number of nitrogens with zero attached hydrogens (tertiary/aromatic N) is 2. The van der Waals surface area contributed by atoms with Crippen LogP contribution < -0.4 is 11.1 Å². The number of nitrogens with one attached hydrogen (secondary N) is 2.